The number of nitrogens with zero attached hydrogens (tertiary/aromatic N) is 1. The predicted octanol–water partition coefficient (Wildman–Crippen LogP) is 3.07. The largest absolute Gasteiger partial charge is 0.508 e. The summed E-state index contributed by atoms with van der Waals surface area (Å²) in [6, 6.07) is 15.2. The molecule has 2 N–H and O–H groups in total. The molecule has 3 rings (SSSR count). The van der Waals surface area contributed by atoms with E-state index in [9.17, 15) is 19.5 Å². The Hall–Kier alpha value is -3.06. The Balaban J connectivity index is 1.68. The Morgan fingerprint density at radius 1 is 1.12 bits per heavy atom. The number of carbonyl (C=O) groups is 3. The number of phenolic OH excluding ortho intramolecular Hbond substituents is 1. The molecule has 0 bridgehead atoms. The minimum Gasteiger partial charge on any atom is -0.508 e. The Labute approximate surface area is 148 Å². The zero-order valence-corrected chi connectivity index (χ0v) is 13.8. The minimum atomic E-state index is -0.520. The second-order valence-electron chi connectivity index (χ2n) is 5.28. The molecule has 7 heteroatoms. The summed E-state index contributed by atoms with van der Waals surface area (Å²) in [5.74, 6) is -1.01. The Morgan fingerprint density at radius 3 is 2.60 bits per heavy atom. The van der Waals surface area contributed by atoms with Crippen LogP contribution in [0.3, 0.4) is 0 Å². The fourth-order valence-corrected chi connectivity index (χ4v) is 3.10. The van der Waals surface area contributed by atoms with Gasteiger partial charge < -0.3 is 10.4 Å². The molecule has 1 aliphatic rings. The molecule has 2 aromatic rings. The highest BCUT2D eigenvalue weighted by molar-refractivity contribution is 8.18. The van der Waals surface area contributed by atoms with Gasteiger partial charge in [0, 0.05) is 11.8 Å². The number of rotatable bonds is 4. The van der Waals surface area contributed by atoms with Gasteiger partial charge in [-0.1, -0.05) is 36.4 Å². The van der Waals surface area contributed by atoms with E-state index in [1.165, 1.54) is 12.1 Å². The lowest BCUT2D eigenvalue weighted by molar-refractivity contribution is -0.127. The molecule has 0 saturated carbocycles. The number of nitrogens with one attached hydrogen (secondary N) is 1. The van der Waals surface area contributed by atoms with Gasteiger partial charge in [0.05, 0.1) is 4.91 Å². The molecule has 1 saturated heterocycles. The Kier molecular flexibility index (Phi) is 4.85. The smallest absolute Gasteiger partial charge is 0.294 e. The maximum absolute atomic E-state index is 12.4. The first-order chi connectivity index (χ1) is 12.0. The number of carbonyl (C=O) groups excluding carboxylic acids is 3. The van der Waals surface area contributed by atoms with Gasteiger partial charge in [0.15, 0.2) is 0 Å². The number of imide groups is 1. The number of hydrogen-bond acceptors (Lipinski definition) is 5. The van der Waals surface area contributed by atoms with Crippen molar-refractivity contribution in [3.63, 3.8) is 0 Å². The molecule has 0 aromatic heterocycles. The molecular weight excluding hydrogens is 340 g/mol. The molecule has 1 aliphatic heterocycles. The molecule has 2 aromatic carbocycles. The molecule has 126 valence electrons. The van der Waals surface area contributed by atoms with Gasteiger partial charge in [-0.2, -0.15) is 0 Å². The van der Waals surface area contributed by atoms with Gasteiger partial charge >= 0.3 is 0 Å². The second-order valence-corrected chi connectivity index (χ2v) is 6.27. The van der Waals surface area contributed by atoms with Gasteiger partial charge in [0.25, 0.3) is 11.1 Å². The van der Waals surface area contributed by atoms with Crippen molar-refractivity contribution in [3.05, 3.63) is 65.1 Å². The van der Waals surface area contributed by atoms with Crippen LogP contribution >= 0.6 is 11.8 Å². The van der Waals surface area contributed by atoms with Gasteiger partial charge in [-0.3, -0.25) is 19.3 Å². The van der Waals surface area contributed by atoms with Crippen LogP contribution in [0.15, 0.2) is 59.5 Å². The van der Waals surface area contributed by atoms with Crippen molar-refractivity contribution in [2.24, 2.45) is 0 Å². The zero-order chi connectivity index (χ0) is 17.8. The van der Waals surface area contributed by atoms with E-state index in [-0.39, 0.29) is 17.2 Å². The van der Waals surface area contributed by atoms with E-state index in [1.54, 1.807) is 18.2 Å². The third-order valence-corrected chi connectivity index (χ3v) is 4.31. The standard InChI is InChI=1S/C18H14N2O4S/c21-14-8-4-7-13(10-14)19-16(22)11-20-17(23)15(25-18(20)24)9-12-5-2-1-3-6-12/h1-10,21H,11H2,(H,19,22). The van der Waals surface area contributed by atoms with E-state index in [0.29, 0.717) is 5.69 Å². The van der Waals surface area contributed by atoms with Crippen molar-refractivity contribution >= 4 is 40.6 Å². The van der Waals surface area contributed by atoms with Gasteiger partial charge in [0.1, 0.15) is 12.3 Å². The number of thioether (sulfide) groups is 1. The number of hydrogen-bond donors (Lipinski definition) is 2. The Bertz CT molecular complexity index is 864. The summed E-state index contributed by atoms with van der Waals surface area (Å²) in [7, 11) is 0. The average molecular weight is 354 g/mol. The highest BCUT2D eigenvalue weighted by Crippen LogP contribution is 2.32. The van der Waals surface area contributed by atoms with Crippen LogP contribution < -0.4 is 5.32 Å². The number of benzene rings is 2. The lowest BCUT2D eigenvalue weighted by Crippen LogP contribution is -2.36. The molecule has 0 atom stereocenters. The van der Waals surface area contributed by atoms with Gasteiger partial charge in [-0.15, -0.1) is 0 Å². The zero-order valence-electron chi connectivity index (χ0n) is 13.0. The molecular formula is C18H14N2O4S. The third-order valence-electron chi connectivity index (χ3n) is 3.40. The molecule has 3 amide bonds. The van der Waals surface area contributed by atoms with Crippen LogP contribution in [0.5, 0.6) is 5.75 Å². The topological polar surface area (TPSA) is 86.7 Å². The third kappa shape index (κ3) is 4.07. The van der Waals surface area contributed by atoms with E-state index in [0.717, 1.165) is 22.2 Å². The van der Waals surface area contributed by atoms with E-state index in [2.05, 4.69) is 5.32 Å². The first-order valence-electron chi connectivity index (χ1n) is 7.42. The average Bonchev–Trinajstić information content (AvgIpc) is 2.83. The summed E-state index contributed by atoms with van der Waals surface area (Å²) < 4.78 is 0. The lowest BCUT2D eigenvalue weighted by Gasteiger charge is -2.12. The van der Waals surface area contributed by atoms with E-state index in [4.69, 9.17) is 0 Å². The maximum atomic E-state index is 12.4. The SMILES string of the molecule is O=C(CN1C(=O)SC(=Cc2ccccc2)C1=O)Nc1cccc(O)c1. The van der Waals surface area contributed by atoms with Crippen molar-refractivity contribution in [3.8, 4) is 5.75 Å². The van der Waals surface area contributed by atoms with Gasteiger partial charge in [-0.05, 0) is 35.5 Å². The summed E-state index contributed by atoms with van der Waals surface area (Å²) in [4.78, 5) is 37.6. The monoisotopic (exact) mass is 354 g/mol. The van der Waals surface area contributed by atoms with Gasteiger partial charge in [-0.25, -0.2) is 0 Å². The van der Waals surface area contributed by atoms with Crippen LogP contribution in [0.4, 0.5) is 10.5 Å². The molecule has 25 heavy (non-hydrogen) atoms. The van der Waals surface area contributed by atoms with Crippen molar-refractivity contribution < 1.29 is 19.5 Å². The molecule has 1 heterocycles. The number of phenols is 1. The molecule has 6 nitrogen and oxygen atoms in total. The van der Waals surface area contributed by atoms with Crippen LogP contribution in [0, 0.1) is 0 Å². The van der Waals surface area contributed by atoms with E-state index in [1.807, 2.05) is 30.3 Å². The van der Waals surface area contributed by atoms with Crippen molar-refractivity contribution in [2.45, 2.75) is 0 Å². The highest BCUT2D eigenvalue weighted by Gasteiger charge is 2.36. The summed E-state index contributed by atoms with van der Waals surface area (Å²) in [6.07, 6.45) is 1.62. The summed E-state index contributed by atoms with van der Waals surface area (Å²) in [6.45, 7) is -0.382. The van der Waals surface area contributed by atoms with Crippen LogP contribution in [-0.4, -0.2) is 33.6 Å². The van der Waals surface area contributed by atoms with Crippen molar-refractivity contribution in [1.82, 2.24) is 4.90 Å². The first kappa shape index (κ1) is 16.8. The molecule has 0 spiro atoms. The molecule has 0 aliphatic carbocycles. The van der Waals surface area contributed by atoms with E-state index >= 15 is 0 Å². The quantitative estimate of drug-likeness (QED) is 0.824. The second kappa shape index (κ2) is 7.23. The minimum absolute atomic E-state index is 0.00904. The summed E-state index contributed by atoms with van der Waals surface area (Å²) in [5.41, 5.74) is 1.19. The fourth-order valence-electron chi connectivity index (χ4n) is 2.26. The number of amides is 3. The fraction of sp³-hybridized carbons (Fsp3) is 0.0556. The molecule has 1 fully saturated rings. The Morgan fingerprint density at radius 2 is 1.88 bits per heavy atom. The summed E-state index contributed by atoms with van der Waals surface area (Å²) >= 11 is 0.806. The van der Waals surface area contributed by atoms with Crippen LogP contribution in [-0.2, 0) is 9.59 Å². The summed E-state index contributed by atoms with van der Waals surface area (Å²) in [5, 5.41) is 11.4. The van der Waals surface area contributed by atoms with Gasteiger partial charge in [0.2, 0.25) is 5.91 Å². The lowest BCUT2D eigenvalue weighted by atomic mass is 10.2. The number of anilines is 1. The highest BCUT2D eigenvalue weighted by atomic mass is 32.2. The molecule has 0 radical (unpaired) electrons. The van der Waals surface area contributed by atoms with Crippen molar-refractivity contribution in [2.75, 3.05) is 11.9 Å². The molecule has 0 unspecified atom stereocenters. The van der Waals surface area contributed by atoms with Crippen LogP contribution in [0.1, 0.15) is 5.56 Å². The van der Waals surface area contributed by atoms with E-state index < -0.39 is 17.1 Å². The van der Waals surface area contributed by atoms with Crippen molar-refractivity contribution in [1.29, 1.82) is 0 Å². The predicted molar refractivity (Wildman–Crippen MR) is 95.9 cm³/mol. The normalized spacial score (nSPS) is 15.7. The first-order valence-corrected chi connectivity index (χ1v) is 8.24. The maximum Gasteiger partial charge on any atom is 0.294 e. The van der Waals surface area contributed by atoms with Crippen LogP contribution in [0.2, 0.25) is 0 Å². The number of aromatic hydroxyl groups is 1. The van der Waals surface area contributed by atoms with Crippen LogP contribution in [0.25, 0.3) is 6.08 Å².